The molecule has 1 saturated carbocycles. The molecule has 1 aliphatic carbocycles. The van der Waals surface area contributed by atoms with Crippen LogP contribution in [0.15, 0.2) is 24.3 Å². The van der Waals surface area contributed by atoms with E-state index < -0.39 is 23.4 Å². The second-order valence-electron chi connectivity index (χ2n) is 4.74. The number of Topliss-reactive ketones (excluding diaryl/α,β-unsaturated/α-hetero) is 2. The second kappa shape index (κ2) is 5.15. The molecule has 1 aliphatic rings. The highest BCUT2D eigenvalue weighted by molar-refractivity contribution is 6.01. The number of ketones is 2. The third-order valence-electron chi connectivity index (χ3n) is 3.35. The van der Waals surface area contributed by atoms with E-state index in [0.29, 0.717) is 19.3 Å². The van der Waals surface area contributed by atoms with Gasteiger partial charge in [-0.25, -0.2) is 0 Å². The van der Waals surface area contributed by atoms with Crippen molar-refractivity contribution in [1.82, 2.24) is 0 Å². The number of hydrogen-bond acceptors (Lipinski definition) is 2. The Labute approximate surface area is 108 Å². The average Bonchev–Trinajstić information content (AvgIpc) is 2.37. The summed E-state index contributed by atoms with van der Waals surface area (Å²) in [5.41, 5.74) is -1.24. The Morgan fingerprint density at radius 3 is 2.53 bits per heavy atom. The van der Waals surface area contributed by atoms with Crippen molar-refractivity contribution in [3.63, 3.8) is 0 Å². The lowest BCUT2D eigenvalue weighted by Gasteiger charge is -2.21. The maximum absolute atomic E-state index is 12.8. The highest BCUT2D eigenvalue weighted by Crippen LogP contribution is 2.34. The molecule has 0 bridgehead atoms. The van der Waals surface area contributed by atoms with Gasteiger partial charge in [0.1, 0.15) is 5.78 Å². The van der Waals surface area contributed by atoms with Crippen molar-refractivity contribution in [2.45, 2.75) is 31.9 Å². The van der Waals surface area contributed by atoms with Crippen LogP contribution in [-0.2, 0) is 11.0 Å². The Kier molecular flexibility index (Phi) is 3.73. The maximum Gasteiger partial charge on any atom is 0.417 e. The average molecular weight is 270 g/mol. The standard InChI is InChI=1S/C14H13F3O2/c15-14(16,17)12-7-2-1-6-11(12)13(19)9-4-3-5-10(18)8-9/h1-2,6-7,9H,3-5,8H2. The molecule has 0 aliphatic heterocycles. The zero-order valence-corrected chi connectivity index (χ0v) is 10.2. The fraction of sp³-hybridized carbons (Fsp3) is 0.429. The van der Waals surface area contributed by atoms with Gasteiger partial charge in [0.15, 0.2) is 5.78 Å². The van der Waals surface area contributed by atoms with Gasteiger partial charge in [0.25, 0.3) is 0 Å². The molecule has 2 nitrogen and oxygen atoms in total. The van der Waals surface area contributed by atoms with Crippen LogP contribution in [0.4, 0.5) is 13.2 Å². The van der Waals surface area contributed by atoms with Crippen LogP contribution in [0.25, 0.3) is 0 Å². The van der Waals surface area contributed by atoms with Gasteiger partial charge in [0.05, 0.1) is 5.56 Å². The summed E-state index contributed by atoms with van der Waals surface area (Å²) in [5.74, 6) is -1.22. The van der Waals surface area contributed by atoms with Crippen molar-refractivity contribution in [3.8, 4) is 0 Å². The van der Waals surface area contributed by atoms with Crippen molar-refractivity contribution in [2.24, 2.45) is 5.92 Å². The van der Waals surface area contributed by atoms with Gasteiger partial charge in [-0.3, -0.25) is 9.59 Å². The van der Waals surface area contributed by atoms with E-state index in [-0.39, 0.29) is 17.8 Å². The van der Waals surface area contributed by atoms with Crippen molar-refractivity contribution >= 4 is 11.6 Å². The van der Waals surface area contributed by atoms with Crippen LogP contribution in [0, 0.1) is 5.92 Å². The Morgan fingerprint density at radius 1 is 1.21 bits per heavy atom. The fourth-order valence-corrected chi connectivity index (χ4v) is 2.41. The molecule has 0 saturated heterocycles. The number of carbonyl (C=O) groups excluding carboxylic acids is 2. The number of alkyl halides is 3. The molecule has 0 amide bonds. The third kappa shape index (κ3) is 3.03. The molecule has 1 atom stereocenters. The fourth-order valence-electron chi connectivity index (χ4n) is 2.41. The van der Waals surface area contributed by atoms with Crippen LogP contribution < -0.4 is 0 Å². The molecule has 1 unspecified atom stereocenters. The lowest BCUT2D eigenvalue weighted by atomic mass is 9.82. The molecule has 0 N–H and O–H groups in total. The van der Waals surface area contributed by atoms with Gasteiger partial charge in [-0.05, 0) is 18.9 Å². The smallest absolute Gasteiger partial charge is 0.300 e. The number of rotatable bonds is 2. The normalized spacial score (nSPS) is 20.4. The molecular weight excluding hydrogens is 257 g/mol. The van der Waals surface area contributed by atoms with Gasteiger partial charge in [0, 0.05) is 24.3 Å². The molecule has 1 aromatic rings. The predicted octanol–water partition coefficient (Wildman–Crippen LogP) is 3.65. The molecule has 1 aromatic carbocycles. The second-order valence-corrected chi connectivity index (χ2v) is 4.74. The van der Waals surface area contributed by atoms with Gasteiger partial charge in [-0.2, -0.15) is 13.2 Å². The minimum atomic E-state index is -4.55. The lowest BCUT2D eigenvalue weighted by molar-refractivity contribution is -0.137. The van der Waals surface area contributed by atoms with Crippen molar-refractivity contribution in [3.05, 3.63) is 35.4 Å². The van der Waals surface area contributed by atoms with Crippen molar-refractivity contribution in [1.29, 1.82) is 0 Å². The Balaban J connectivity index is 2.31. The van der Waals surface area contributed by atoms with E-state index in [4.69, 9.17) is 0 Å². The van der Waals surface area contributed by atoms with E-state index in [0.717, 1.165) is 6.07 Å². The predicted molar refractivity (Wildman–Crippen MR) is 62.7 cm³/mol. The van der Waals surface area contributed by atoms with E-state index in [9.17, 15) is 22.8 Å². The van der Waals surface area contributed by atoms with Crippen LogP contribution in [0.5, 0.6) is 0 Å². The minimum absolute atomic E-state index is 0.0471. The quantitative estimate of drug-likeness (QED) is 0.769. The van der Waals surface area contributed by atoms with Crippen LogP contribution in [-0.4, -0.2) is 11.6 Å². The molecule has 0 spiro atoms. The highest BCUT2D eigenvalue weighted by Gasteiger charge is 2.37. The van der Waals surface area contributed by atoms with Gasteiger partial charge >= 0.3 is 6.18 Å². The summed E-state index contributed by atoms with van der Waals surface area (Å²) >= 11 is 0. The molecule has 0 heterocycles. The van der Waals surface area contributed by atoms with E-state index in [1.165, 1.54) is 18.2 Å². The zero-order valence-electron chi connectivity index (χ0n) is 10.2. The minimum Gasteiger partial charge on any atom is -0.300 e. The summed E-state index contributed by atoms with van der Waals surface area (Å²) in [5, 5.41) is 0. The largest absolute Gasteiger partial charge is 0.417 e. The maximum atomic E-state index is 12.8. The first-order chi connectivity index (χ1) is 8.89. The van der Waals surface area contributed by atoms with E-state index in [1.54, 1.807) is 0 Å². The van der Waals surface area contributed by atoms with Crippen molar-refractivity contribution < 1.29 is 22.8 Å². The van der Waals surface area contributed by atoms with Crippen LogP contribution in [0.3, 0.4) is 0 Å². The zero-order chi connectivity index (χ0) is 14.0. The number of halogens is 3. The third-order valence-corrected chi connectivity index (χ3v) is 3.35. The summed E-state index contributed by atoms with van der Waals surface area (Å²) < 4.78 is 38.5. The molecule has 5 heteroatoms. The lowest BCUT2D eigenvalue weighted by Crippen LogP contribution is -2.25. The summed E-state index contributed by atoms with van der Waals surface area (Å²) in [7, 11) is 0. The molecule has 2 rings (SSSR count). The first-order valence-electron chi connectivity index (χ1n) is 6.11. The molecular formula is C14H13F3O2. The Morgan fingerprint density at radius 2 is 1.89 bits per heavy atom. The van der Waals surface area contributed by atoms with Crippen LogP contribution in [0.1, 0.15) is 41.6 Å². The summed E-state index contributed by atoms with van der Waals surface area (Å²) in [6.45, 7) is 0. The van der Waals surface area contributed by atoms with Crippen LogP contribution >= 0.6 is 0 Å². The Hall–Kier alpha value is -1.65. The van der Waals surface area contributed by atoms with Gasteiger partial charge in [0.2, 0.25) is 0 Å². The summed E-state index contributed by atoms with van der Waals surface area (Å²) in [6.07, 6.45) is -3.01. The van der Waals surface area contributed by atoms with Gasteiger partial charge in [-0.1, -0.05) is 18.2 Å². The highest BCUT2D eigenvalue weighted by atomic mass is 19.4. The molecule has 0 aromatic heterocycles. The van der Waals surface area contributed by atoms with Gasteiger partial charge < -0.3 is 0 Å². The number of carbonyl (C=O) groups is 2. The van der Waals surface area contributed by atoms with E-state index >= 15 is 0 Å². The first-order valence-corrected chi connectivity index (χ1v) is 6.11. The van der Waals surface area contributed by atoms with Crippen molar-refractivity contribution in [2.75, 3.05) is 0 Å². The van der Waals surface area contributed by atoms with Gasteiger partial charge in [-0.15, -0.1) is 0 Å². The molecule has 19 heavy (non-hydrogen) atoms. The molecule has 0 radical (unpaired) electrons. The van der Waals surface area contributed by atoms with E-state index in [1.807, 2.05) is 0 Å². The number of hydrogen-bond donors (Lipinski definition) is 0. The monoisotopic (exact) mass is 270 g/mol. The Bertz CT molecular complexity index is 506. The SMILES string of the molecule is O=C1CCCC(C(=O)c2ccccc2C(F)(F)F)C1. The topological polar surface area (TPSA) is 34.1 Å². The summed E-state index contributed by atoms with van der Waals surface area (Å²) in [4.78, 5) is 23.5. The van der Waals surface area contributed by atoms with E-state index in [2.05, 4.69) is 0 Å². The molecule has 102 valence electrons. The first kappa shape index (κ1) is 13.8. The van der Waals surface area contributed by atoms with Crippen LogP contribution in [0.2, 0.25) is 0 Å². The summed E-state index contributed by atoms with van der Waals surface area (Å²) in [6, 6.07) is 4.75. The molecule has 1 fully saturated rings. The number of benzene rings is 1.